The van der Waals surface area contributed by atoms with Gasteiger partial charge in [0.1, 0.15) is 12.3 Å². The monoisotopic (exact) mass is 387 g/mol. The molecule has 0 saturated heterocycles. The molecule has 0 aliphatic carbocycles. The molecule has 0 fully saturated rings. The van der Waals surface area contributed by atoms with Crippen molar-refractivity contribution < 1.29 is 27.4 Å². The van der Waals surface area contributed by atoms with E-state index < -0.39 is 23.4 Å². The molecule has 9 heteroatoms. The fourth-order valence-corrected chi connectivity index (χ4v) is 2.99. The molecule has 1 aliphatic heterocycles. The molecule has 1 aromatic carbocycles. The zero-order valence-corrected chi connectivity index (χ0v) is 15.6. The van der Waals surface area contributed by atoms with Gasteiger partial charge in [-0.2, -0.15) is 18.3 Å². The van der Waals surface area contributed by atoms with Gasteiger partial charge in [0.15, 0.2) is 0 Å². The number of hydrogen-bond donors (Lipinski definition) is 2. The Morgan fingerprint density at radius 1 is 1.33 bits per heavy atom. The summed E-state index contributed by atoms with van der Waals surface area (Å²) >= 11 is 0. The van der Waals surface area contributed by atoms with Gasteiger partial charge in [-0.15, -0.1) is 0 Å². The van der Waals surface area contributed by atoms with Crippen LogP contribution in [-0.2, 0) is 15.7 Å². The fraction of sp³-hybridized carbons (Fsp3) is 0.556. The van der Waals surface area contributed by atoms with Gasteiger partial charge in [0.2, 0.25) is 0 Å². The first-order valence-corrected chi connectivity index (χ1v) is 8.74. The van der Waals surface area contributed by atoms with Crippen molar-refractivity contribution in [1.29, 1.82) is 0 Å². The Balaban J connectivity index is 2.30. The lowest BCUT2D eigenvalue weighted by Gasteiger charge is -2.32. The number of alkyl halides is 3. The minimum Gasteiger partial charge on any atom is -0.442 e. The molecule has 1 amide bonds. The van der Waals surface area contributed by atoms with E-state index in [0.29, 0.717) is 6.42 Å². The number of cyclic esters (lactones) is 1. The van der Waals surface area contributed by atoms with Crippen molar-refractivity contribution in [3.05, 3.63) is 29.3 Å². The second-order valence-corrected chi connectivity index (χ2v) is 6.35. The number of nitrogens with zero attached hydrogens (tertiary/aromatic N) is 1. The number of halogens is 3. The van der Waals surface area contributed by atoms with Gasteiger partial charge < -0.3 is 14.8 Å². The quantitative estimate of drug-likeness (QED) is 0.703. The molecule has 1 unspecified atom stereocenters. The third-order valence-corrected chi connectivity index (χ3v) is 4.66. The third-order valence-electron chi connectivity index (χ3n) is 4.66. The molecule has 0 radical (unpaired) electrons. The molecule has 0 aromatic heterocycles. The normalized spacial score (nSPS) is 16.8. The van der Waals surface area contributed by atoms with Gasteiger partial charge in [0.25, 0.3) is 0 Å². The van der Waals surface area contributed by atoms with Crippen LogP contribution in [0.1, 0.15) is 44.2 Å². The van der Waals surface area contributed by atoms with Crippen LogP contribution in [0, 0.1) is 0 Å². The van der Waals surface area contributed by atoms with E-state index in [1.165, 1.54) is 12.1 Å². The lowest BCUT2D eigenvalue weighted by molar-refractivity contribution is -0.137. The molecule has 0 spiro atoms. The zero-order chi connectivity index (χ0) is 20.1. The van der Waals surface area contributed by atoms with Crippen LogP contribution in [0.3, 0.4) is 0 Å². The number of methoxy groups -OCH3 is 1. The Labute approximate surface area is 156 Å². The standard InChI is InChI=1S/C18H24F3N3O3/c1-4-8-17(5-2,26-3)11-22-14-7-6-12(9-13(14)18(19,20)21)15-10-27-16(25)24-23-15/h6-7,9,22H,4-5,8,10-11H2,1-3H3,(H,24,25). The van der Waals surface area contributed by atoms with E-state index in [9.17, 15) is 18.0 Å². The van der Waals surface area contributed by atoms with E-state index in [1.807, 2.05) is 13.8 Å². The van der Waals surface area contributed by atoms with Crippen LogP contribution in [0.15, 0.2) is 23.3 Å². The predicted molar refractivity (Wildman–Crippen MR) is 95.9 cm³/mol. The average Bonchev–Trinajstić information content (AvgIpc) is 2.65. The molecular weight excluding hydrogens is 363 g/mol. The summed E-state index contributed by atoms with van der Waals surface area (Å²) in [6.45, 7) is 4.03. The Kier molecular flexibility index (Phi) is 6.69. The Morgan fingerprint density at radius 2 is 2.07 bits per heavy atom. The summed E-state index contributed by atoms with van der Waals surface area (Å²) < 4.78 is 51.1. The summed E-state index contributed by atoms with van der Waals surface area (Å²) in [4.78, 5) is 11.0. The minimum absolute atomic E-state index is 0.0291. The lowest BCUT2D eigenvalue weighted by Crippen LogP contribution is -2.38. The van der Waals surface area contributed by atoms with E-state index in [0.717, 1.165) is 18.9 Å². The lowest BCUT2D eigenvalue weighted by atomic mass is 9.94. The Morgan fingerprint density at radius 3 is 2.59 bits per heavy atom. The predicted octanol–water partition coefficient (Wildman–Crippen LogP) is 4.16. The molecule has 0 saturated carbocycles. The number of benzene rings is 1. The van der Waals surface area contributed by atoms with Crippen LogP contribution in [0.25, 0.3) is 0 Å². The number of hydrazone groups is 1. The van der Waals surface area contributed by atoms with Crippen LogP contribution in [0.5, 0.6) is 0 Å². The van der Waals surface area contributed by atoms with Gasteiger partial charge in [0, 0.05) is 24.9 Å². The molecule has 0 bridgehead atoms. The number of carbonyl (C=O) groups is 1. The topological polar surface area (TPSA) is 72.0 Å². The van der Waals surface area contributed by atoms with Crippen LogP contribution < -0.4 is 10.7 Å². The van der Waals surface area contributed by atoms with Crippen molar-refractivity contribution in [2.24, 2.45) is 5.10 Å². The molecule has 6 nitrogen and oxygen atoms in total. The number of rotatable bonds is 8. The number of anilines is 1. The first-order chi connectivity index (χ1) is 12.7. The van der Waals surface area contributed by atoms with Gasteiger partial charge in [-0.1, -0.05) is 26.3 Å². The molecule has 1 heterocycles. The van der Waals surface area contributed by atoms with Crippen molar-refractivity contribution in [3.8, 4) is 0 Å². The van der Waals surface area contributed by atoms with Crippen LogP contribution >= 0.6 is 0 Å². The van der Waals surface area contributed by atoms with E-state index in [4.69, 9.17) is 9.47 Å². The van der Waals surface area contributed by atoms with Crippen LogP contribution in [-0.4, -0.2) is 37.7 Å². The van der Waals surface area contributed by atoms with Crippen molar-refractivity contribution in [1.82, 2.24) is 5.43 Å². The summed E-state index contributed by atoms with van der Waals surface area (Å²) in [5.41, 5.74) is 1.18. The van der Waals surface area contributed by atoms with Crippen LogP contribution in [0.4, 0.5) is 23.7 Å². The first kappa shape index (κ1) is 21.0. The maximum atomic E-state index is 13.6. The Bertz CT molecular complexity index is 701. The molecular formula is C18H24F3N3O3. The molecule has 2 rings (SSSR count). The highest BCUT2D eigenvalue weighted by molar-refractivity contribution is 6.04. The maximum absolute atomic E-state index is 13.6. The van der Waals surface area contributed by atoms with Crippen molar-refractivity contribution in [2.75, 3.05) is 25.6 Å². The van der Waals surface area contributed by atoms with Gasteiger partial charge >= 0.3 is 12.3 Å². The molecule has 1 aromatic rings. The molecule has 27 heavy (non-hydrogen) atoms. The summed E-state index contributed by atoms with van der Waals surface area (Å²) in [6, 6.07) is 3.87. The molecule has 150 valence electrons. The first-order valence-electron chi connectivity index (χ1n) is 8.74. The average molecular weight is 387 g/mol. The second-order valence-electron chi connectivity index (χ2n) is 6.35. The van der Waals surface area contributed by atoms with E-state index >= 15 is 0 Å². The SMILES string of the molecule is CCCC(CC)(CNc1ccc(C2=NNC(=O)OC2)cc1C(F)(F)F)OC. The van der Waals surface area contributed by atoms with Crippen molar-refractivity contribution in [3.63, 3.8) is 0 Å². The highest BCUT2D eigenvalue weighted by atomic mass is 19.4. The summed E-state index contributed by atoms with van der Waals surface area (Å²) in [6.07, 6.45) is -3.01. The van der Waals surface area contributed by atoms with Gasteiger partial charge in [0.05, 0.1) is 11.2 Å². The fourth-order valence-electron chi connectivity index (χ4n) is 2.99. The zero-order valence-electron chi connectivity index (χ0n) is 15.6. The largest absolute Gasteiger partial charge is 0.442 e. The highest BCUT2D eigenvalue weighted by Gasteiger charge is 2.35. The number of amides is 1. The highest BCUT2D eigenvalue weighted by Crippen LogP contribution is 2.36. The minimum atomic E-state index is -4.55. The third kappa shape index (κ3) is 5.12. The maximum Gasteiger partial charge on any atom is 0.428 e. The smallest absolute Gasteiger partial charge is 0.428 e. The van der Waals surface area contributed by atoms with E-state index in [2.05, 4.69) is 15.8 Å². The molecule has 1 aliphatic rings. The van der Waals surface area contributed by atoms with Crippen molar-refractivity contribution >= 4 is 17.5 Å². The van der Waals surface area contributed by atoms with Gasteiger partial charge in [-0.3, -0.25) is 0 Å². The molecule has 1 atom stereocenters. The van der Waals surface area contributed by atoms with E-state index in [1.54, 1.807) is 7.11 Å². The number of nitrogens with one attached hydrogen (secondary N) is 2. The van der Waals surface area contributed by atoms with E-state index in [-0.39, 0.29) is 30.1 Å². The van der Waals surface area contributed by atoms with Gasteiger partial charge in [-0.25, -0.2) is 10.2 Å². The van der Waals surface area contributed by atoms with Crippen molar-refractivity contribution in [2.45, 2.75) is 44.9 Å². The second kappa shape index (κ2) is 8.60. The van der Waals surface area contributed by atoms with Crippen LogP contribution in [0.2, 0.25) is 0 Å². The number of ether oxygens (including phenoxy) is 2. The van der Waals surface area contributed by atoms with Gasteiger partial charge in [-0.05, 0) is 25.0 Å². The summed E-state index contributed by atoms with van der Waals surface area (Å²) in [5, 5.41) is 6.65. The summed E-state index contributed by atoms with van der Waals surface area (Å²) in [7, 11) is 1.57. The Hall–Kier alpha value is -2.29. The summed E-state index contributed by atoms with van der Waals surface area (Å²) in [5.74, 6) is 0. The molecule has 2 N–H and O–H groups in total. The number of hydrogen-bond acceptors (Lipinski definition) is 5. The number of carbonyl (C=O) groups excluding carboxylic acids is 1.